The molecule has 0 bridgehead atoms. The van der Waals surface area contributed by atoms with Gasteiger partial charge in [-0.25, -0.2) is 4.79 Å². The molecule has 7 nitrogen and oxygen atoms in total. The quantitative estimate of drug-likeness (QED) is 0.0918. The number of ketones is 1. The Hall–Kier alpha value is -4.91. The van der Waals surface area contributed by atoms with Gasteiger partial charge in [0.15, 0.2) is 5.78 Å². The minimum absolute atomic E-state index is 0.0962. The predicted octanol–water partition coefficient (Wildman–Crippen LogP) is 7.35. The van der Waals surface area contributed by atoms with Crippen molar-refractivity contribution < 1.29 is 23.9 Å². The van der Waals surface area contributed by atoms with Gasteiger partial charge in [-0.15, -0.1) is 0 Å². The van der Waals surface area contributed by atoms with Gasteiger partial charge in [-0.3, -0.25) is 9.59 Å². The van der Waals surface area contributed by atoms with Crippen molar-refractivity contribution in [2.75, 3.05) is 30.5 Å². The zero-order chi connectivity index (χ0) is 32.2. The number of nitrogens with one attached hydrogen (secondary N) is 1. The normalized spacial score (nSPS) is 11.7. The van der Waals surface area contributed by atoms with E-state index in [1.54, 1.807) is 30.3 Å². The van der Waals surface area contributed by atoms with Crippen molar-refractivity contribution in [2.24, 2.45) is 5.41 Å². The summed E-state index contributed by atoms with van der Waals surface area (Å²) in [5.41, 5.74) is 3.30. The predicted molar refractivity (Wildman–Crippen MR) is 179 cm³/mol. The maximum absolute atomic E-state index is 13.2. The molecular formula is C38H42N2O5. The second kappa shape index (κ2) is 15.7. The lowest BCUT2D eigenvalue weighted by atomic mass is 9.91. The number of ether oxygens (including phenoxy) is 2. The molecular weight excluding hydrogens is 564 g/mol. The highest BCUT2D eigenvalue weighted by Gasteiger charge is 2.24. The van der Waals surface area contributed by atoms with Crippen LogP contribution in [0.1, 0.15) is 55.1 Å². The van der Waals surface area contributed by atoms with Crippen molar-refractivity contribution in [3.8, 4) is 5.75 Å². The van der Waals surface area contributed by atoms with Crippen molar-refractivity contribution in [3.05, 3.63) is 126 Å². The van der Waals surface area contributed by atoms with E-state index in [2.05, 4.69) is 26.1 Å². The highest BCUT2D eigenvalue weighted by Crippen LogP contribution is 2.24. The van der Waals surface area contributed by atoms with Crippen LogP contribution in [0.2, 0.25) is 0 Å². The van der Waals surface area contributed by atoms with Gasteiger partial charge >= 0.3 is 5.97 Å². The molecule has 0 aliphatic heterocycles. The molecule has 0 saturated heterocycles. The van der Waals surface area contributed by atoms with Gasteiger partial charge in [0.2, 0.25) is 5.91 Å². The van der Waals surface area contributed by atoms with Crippen LogP contribution in [0.25, 0.3) is 0 Å². The number of benzene rings is 4. The average Bonchev–Trinajstić information content (AvgIpc) is 3.04. The fourth-order valence-corrected chi connectivity index (χ4v) is 5.00. The third-order valence-electron chi connectivity index (χ3n) is 7.23. The molecule has 1 amide bonds. The van der Waals surface area contributed by atoms with Crippen LogP contribution in [0.3, 0.4) is 0 Å². The Labute approximate surface area is 266 Å². The van der Waals surface area contributed by atoms with Crippen LogP contribution in [0, 0.1) is 5.41 Å². The molecule has 1 atom stereocenters. The fourth-order valence-electron chi connectivity index (χ4n) is 5.00. The molecule has 0 heterocycles. The summed E-state index contributed by atoms with van der Waals surface area (Å²) in [6.07, 6.45) is 1.48. The lowest BCUT2D eigenvalue weighted by molar-refractivity contribution is -0.141. The van der Waals surface area contributed by atoms with E-state index in [0.29, 0.717) is 55.0 Å². The van der Waals surface area contributed by atoms with E-state index < -0.39 is 12.0 Å². The highest BCUT2D eigenvalue weighted by molar-refractivity contribution is 6.12. The number of hydrogen-bond donors (Lipinski definition) is 1. The SMILES string of the molecule is COC(=O)[C@H](Cc1ccc(OCCCN(C(=O)CC(C)(C)C)c2ccccc2)cc1)Nc1ccccc1C(=O)c1ccccc1. The first-order chi connectivity index (χ1) is 21.6. The molecule has 0 saturated carbocycles. The van der Waals surface area contributed by atoms with E-state index >= 15 is 0 Å². The van der Waals surface area contributed by atoms with Crippen LogP contribution in [0.5, 0.6) is 5.75 Å². The second-order valence-corrected chi connectivity index (χ2v) is 12.1. The van der Waals surface area contributed by atoms with E-state index in [1.165, 1.54) is 7.11 Å². The number of methoxy groups -OCH3 is 1. The lowest BCUT2D eigenvalue weighted by Crippen LogP contribution is -2.35. The number of rotatable bonds is 14. The number of amides is 1. The van der Waals surface area contributed by atoms with Crippen LogP contribution < -0.4 is 15.0 Å². The van der Waals surface area contributed by atoms with Crippen LogP contribution >= 0.6 is 0 Å². The summed E-state index contributed by atoms with van der Waals surface area (Å²) in [7, 11) is 1.35. The fraction of sp³-hybridized carbons (Fsp3) is 0.289. The average molecular weight is 607 g/mol. The standard InChI is InChI=1S/C38H42N2O5/c1-38(2,3)27-35(41)40(30-16-9-6-10-17-30)24-13-25-45-31-22-20-28(21-23-31)26-34(37(43)44-4)39-33-19-12-11-18-32(33)36(42)29-14-7-5-8-15-29/h5-12,14-23,34,39H,13,24-27H2,1-4H3/t34-/m0/s1. The molecule has 0 fully saturated rings. The summed E-state index contributed by atoms with van der Waals surface area (Å²) < 4.78 is 11.1. The van der Waals surface area contributed by atoms with Gasteiger partial charge < -0.3 is 19.7 Å². The maximum Gasteiger partial charge on any atom is 0.328 e. The Kier molecular flexibility index (Phi) is 11.5. The third-order valence-corrected chi connectivity index (χ3v) is 7.23. The van der Waals surface area contributed by atoms with Gasteiger partial charge in [-0.1, -0.05) is 93.6 Å². The van der Waals surface area contributed by atoms with Gasteiger partial charge in [0.05, 0.1) is 13.7 Å². The number of para-hydroxylation sites is 2. The molecule has 1 N–H and O–H groups in total. The van der Waals surface area contributed by atoms with Crippen LogP contribution in [0.15, 0.2) is 109 Å². The summed E-state index contributed by atoms with van der Waals surface area (Å²) in [5, 5.41) is 3.24. The van der Waals surface area contributed by atoms with Gasteiger partial charge in [0.1, 0.15) is 11.8 Å². The second-order valence-electron chi connectivity index (χ2n) is 12.1. The minimum Gasteiger partial charge on any atom is -0.494 e. The monoisotopic (exact) mass is 606 g/mol. The largest absolute Gasteiger partial charge is 0.494 e. The first-order valence-electron chi connectivity index (χ1n) is 15.2. The summed E-state index contributed by atoms with van der Waals surface area (Å²) >= 11 is 0. The summed E-state index contributed by atoms with van der Waals surface area (Å²) in [5.74, 6) is 0.238. The van der Waals surface area contributed by atoms with Crippen molar-refractivity contribution in [1.82, 2.24) is 0 Å². The molecule has 0 spiro atoms. The van der Waals surface area contributed by atoms with E-state index in [-0.39, 0.29) is 17.1 Å². The van der Waals surface area contributed by atoms with E-state index in [1.807, 2.05) is 83.8 Å². The molecule has 0 radical (unpaired) electrons. The first kappa shape index (κ1) is 33.0. The zero-order valence-corrected chi connectivity index (χ0v) is 26.5. The highest BCUT2D eigenvalue weighted by atomic mass is 16.5. The van der Waals surface area contributed by atoms with Crippen molar-refractivity contribution in [1.29, 1.82) is 0 Å². The maximum atomic E-state index is 13.2. The Balaban J connectivity index is 1.36. The Morgan fingerprint density at radius 1 is 0.800 bits per heavy atom. The Morgan fingerprint density at radius 3 is 2.07 bits per heavy atom. The van der Waals surface area contributed by atoms with Crippen LogP contribution in [-0.4, -0.2) is 44.0 Å². The van der Waals surface area contributed by atoms with Crippen LogP contribution in [-0.2, 0) is 20.7 Å². The molecule has 45 heavy (non-hydrogen) atoms. The molecule has 0 aliphatic rings. The van der Waals surface area contributed by atoms with Crippen molar-refractivity contribution in [2.45, 2.75) is 46.1 Å². The Bertz CT molecular complexity index is 1550. The number of anilines is 2. The number of esters is 1. The molecule has 234 valence electrons. The summed E-state index contributed by atoms with van der Waals surface area (Å²) in [6.45, 7) is 7.20. The van der Waals surface area contributed by atoms with Gasteiger partial charge in [0, 0.05) is 41.9 Å². The van der Waals surface area contributed by atoms with Gasteiger partial charge in [-0.05, 0) is 53.8 Å². The van der Waals surface area contributed by atoms with E-state index in [0.717, 1.165) is 11.3 Å². The third kappa shape index (κ3) is 9.80. The molecule has 7 heteroatoms. The van der Waals surface area contributed by atoms with E-state index in [9.17, 15) is 14.4 Å². The van der Waals surface area contributed by atoms with Crippen molar-refractivity contribution in [3.63, 3.8) is 0 Å². The number of hydrogen-bond acceptors (Lipinski definition) is 6. The minimum atomic E-state index is -0.707. The number of carbonyl (C=O) groups excluding carboxylic acids is 3. The first-order valence-corrected chi connectivity index (χ1v) is 15.2. The summed E-state index contributed by atoms with van der Waals surface area (Å²) in [6, 6.07) is 32.8. The lowest BCUT2D eigenvalue weighted by Gasteiger charge is -2.27. The van der Waals surface area contributed by atoms with E-state index in [4.69, 9.17) is 9.47 Å². The Morgan fingerprint density at radius 2 is 1.42 bits per heavy atom. The van der Waals surface area contributed by atoms with Crippen molar-refractivity contribution >= 4 is 29.0 Å². The summed E-state index contributed by atoms with van der Waals surface area (Å²) in [4.78, 5) is 40.9. The smallest absolute Gasteiger partial charge is 0.328 e. The van der Waals surface area contributed by atoms with Crippen LogP contribution in [0.4, 0.5) is 11.4 Å². The van der Waals surface area contributed by atoms with Gasteiger partial charge in [-0.2, -0.15) is 0 Å². The molecule has 0 unspecified atom stereocenters. The molecule has 4 rings (SSSR count). The molecule has 0 aliphatic carbocycles. The molecule has 0 aromatic heterocycles. The molecule has 4 aromatic rings. The topological polar surface area (TPSA) is 84.9 Å². The molecule has 4 aromatic carbocycles. The number of nitrogens with zero attached hydrogens (tertiary/aromatic N) is 1. The number of carbonyl (C=O) groups is 3. The van der Waals surface area contributed by atoms with Gasteiger partial charge in [0.25, 0.3) is 0 Å². The zero-order valence-electron chi connectivity index (χ0n) is 26.5.